The van der Waals surface area contributed by atoms with Crippen molar-refractivity contribution in [3.8, 4) is 28.8 Å². The Balaban J connectivity index is 0.785. The molecule has 2 aromatic heterocycles. The number of nitrogens with zero attached hydrogens (tertiary/aromatic N) is 4. The zero-order chi connectivity index (χ0) is 42.5. The van der Waals surface area contributed by atoms with Gasteiger partial charge in [-0.3, -0.25) is 24.5 Å². The minimum Gasteiger partial charge on any atom is -0.493 e. The molecule has 0 aliphatic carbocycles. The SMILES string of the molecule is O=C(COc1cccc2c1CN(C1CCC(=O)NC1=O)C2=O)NCCOCCOCc1ccc(-c2nn(-c3nc4cc(Cl)ccc4[nH]3)c(O)c2CCc2ccc(F)cc2)cc1. The highest BCUT2D eigenvalue weighted by molar-refractivity contribution is 6.31. The van der Waals surface area contributed by atoms with Crippen LogP contribution >= 0.6 is 11.6 Å². The van der Waals surface area contributed by atoms with Gasteiger partial charge >= 0.3 is 0 Å². The highest BCUT2D eigenvalue weighted by Crippen LogP contribution is 2.35. The summed E-state index contributed by atoms with van der Waals surface area (Å²) < 4.78 is 32.1. The molecule has 0 bridgehead atoms. The molecule has 1 atom stereocenters. The predicted octanol–water partition coefficient (Wildman–Crippen LogP) is 5.19. The molecule has 17 heteroatoms. The number of aromatic nitrogens is 4. The number of piperidine rings is 1. The molecule has 8 rings (SSSR count). The van der Waals surface area contributed by atoms with E-state index < -0.39 is 11.9 Å². The van der Waals surface area contributed by atoms with Gasteiger partial charge < -0.3 is 34.5 Å². The van der Waals surface area contributed by atoms with Crippen LogP contribution in [0.2, 0.25) is 5.02 Å². The normalized spacial score (nSPS) is 15.0. The Labute approximate surface area is 353 Å². The maximum atomic E-state index is 13.6. The molecule has 1 fully saturated rings. The van der Waals surface area contributed by atoms with Crippen LogP contribution in [-0.2, 0) is 49.9 Å². The number of fused-ring (bicyclic) bond motifs is 2. The molecule has 15 nitrogen and oxygen atoms in total. The number of nitrogens with one attached hydrogen (secondary N) is 3. The molecular weight excluding hydrogens is 809 g/mol. The molecule has 0 radical (unpaired) electrons. The Morgan fingerprint density at radius 3 is 2.54 bits per heavy atom. The second-order valence-electron chi connectivity index (χ2n) is 14.6. The number of carbonyl (C=O) groups is 4. The minimum absolute atomic E-state index is 0.0574. The summed E-state index contributed by atoms with van der Waals surface area (Å²) in [5.74, 6) is -1.20. The third-order valence-corrected chi connectivity index (χ3v) is 10.7. The maximum absolute atomic E-state index is 13.6. The first-order chi connectivity index (χ1) is 29.6. The molecule has 4 aromatic carbocycles. The van der Waals surface area contributed by atoms with Crippen LogP contribution in [0, 0.1) is 5.82 Å². The van der Waals surface area contributed by atoms with Crippen molar-refractivity contribution in [1.29, 1.82) is 0 Å². The summed E-state index contributed by atoms with van der Waals surface area (Å²) in [4.78, 5) is 58.7. The van der Waals surface area contributed by atoms with Gasteiger partial charge in [0.15, 0.2) is 6.61 Å². The molecule has 2 aliphatic rings. The van der Waals surface area contributed by atoms with Crippen LogP contribution in [-0.4, -0.2) is 92.4 Å². The maximum Gasteiger partial charge on any atom is 0.258 e. The monoisotopic (exact) mass is 849 g/mol. The van der Waals surface area contributed by atoms with Crippen LogP contribution in [0.4, 0.5) is 4.39 Å². The number of aryl methyl sites for hydroxylation is 1. The Morgan fingerprint density at radius 2 is 1.74 bits per heavy atom. The van der Waals surface area contributed by atoms with Crippen molar-refractivity contribution in [3.63, 3.8) is 0 Å². The summed E-state index contributed by atoms with van der Waals surface area (Å²) in [5.41, 5.74) is 6.17. The van der Waals surface area contributed by atoms with Crippen molar-refractivity contribution in [2.75, 3.05) is 33.0 Å². The van der Waals surface area contributed by atoms with Gasteiger partial charge in [-0.2, -0.15) is 9.78 Å². The fourth-order valence-corrected chi connectivity index (χ4v) is 7.52. The van der Waals surface area contributed by atoms with Crippen molar-refractivity contribution in [3.05, 3.63) is 124 Å². The van der Waals surface area contributed by atoms with E-state index in [-0.39, 0.29) is 68.6 Å². The van der Waals surface area contributed by atoms with E-state index >= 15 is 0 Å². The number of amides is 4. The standard InChI is InChI=1S/C44H41ClFN7O8/c45-29-11-15-34-35(22-29)49-44(48-34)53-43(58)32(14-8-26-6-12-30(46)13-7-26)40(51-53)28-9-4-27(5-10-28)24-60-21-20-59-19-18-47-39(55)25-61-37-3-1-2-31-33(37)23-52(42(31)57)36-16-17-38(54)50-41(36)56/h1-7,9-13,15,22,36,58H,8,14,16-21,23-25H2,(H,47,55)(H,48,49)(H,50,54,56). The van der Waals surface area contributed by atoms with E-state index in [1.807, 2.05) is 30.3 Å². The molecule has 0 spiro atoms. The second-order valence-corrected chi connectivity index (χ2v) is 15.0. The Bertz CT molecular complexity index is 2600. The summed E-state index contributed by atoms with van der Waals surface area (Å²) in [6.45, 7) is 1.33. The Kier molecular flexibility index (Phi) is 12.4. The quantitative estimate of drug-likeness (QED) is 0.0703. The fraction of sp³-hybridized carbons (Fsp3) is 0.273. The van der Waals surface area contributed by atoms with Crippen LogP contribution in [0.25, 0.3) is 28.2 Å². The lowest BCUT2D eigenvalue weighted by Gasteiger charge is -2.29. The molecule has 1 unspecified atom stereocenters. The Hall–Kier alpha value is -6.62. The molecule has 4 heterocycles. The smallest absolute Gasteiger partial charge is 0.258 e. The largest absolute Gasteiger partial charge is 0.493 e. The van der Waals surface area contributed by atoms with Gasteiger partial charge in [-0.1, -0.05) is 54.1 Å². The summed E-state index contributed by atoms with van der Waals surface area (Å²) in [6.07, 6.45) is 1.39. The lowest BCUT2D eigenvalue weighted by molar-refractivity contribution is -0.137. The van der Waals surface area contributed by atoms with Gasteiger partial charge in [-0.25, -0.2) is 9.37 Å². The van der Waals surface area contributed by atoms with E-state index in [9.17, 15) is 28.7 Å². The van der Waals surface area contributed by atoms with Crippen molar-refractivity contribution < 1.29 is 42.9 Å². The van der Waals surface area contributed by atoms with Crippen molar-refractivity contribution >= 4 is 46.3 Å². The molecule has 4 N–H and O–H groups in total. The number of aromatic hydroxyl groups is 1. The number of carbonyl (C=O) groups excluding carboxylic acids is 4. The lowest BCUT2D eigenvalue weighted by atomic mass is 10.0. The number of H-pyrrole nitrogens is 1. The number of hydrogen-bond acceptors (Lipinski definition) is 10. The second kappa shape index (κ2) is 18.3. The van der Waals surface area contributed by atoms with E-state index in [4.69, 9.17) is 30.9 Å². The average molecular weight is 850 g/mol. The molecule has 314 valence electrons. The average Bonchev–Trinajstić information content (AvgIpc) is 3.93. The van der Waals surface area contributed by atoms with Gasteiger partial charge in [-0.05, 0) is 72.9 Å². The van der Waals surface area contributed by atoms with Gasteiger partial charge in [0.05, 0.1) is 44.0 Å². The molecule has 4 amide bonds. The van der Waals surface area contributed by atoms with Crippen LogP contribution in [0.15, 0.2) is 84.9 Å². The van der Waals surface area contributed by atoms with Crippen LogP contribution in [0.3, 0.4) is 0 Å². The molecular formula is C44H41ClFN7O8. The topological polar surface area (TPSA) is 190 Å². The first-order valence-corrected chi connectivity index (χ1v) is 20.1. The van der Waals surface area contributed by atoms with Gasteiger partial charge in [0.25, 0.3) is 11.8 Å². The van der Waals surface area contributed by atoms with Crippen molar-refractivity contribution in [2.24, 2.45) is 0 Å². The summed E-state index contributed by atoms with van der Waals surface area (Å²) >= 11 is 6.17. The molecule has 6 aromatic rings. The highest BCUT2D eigenvalue weighted by Gasteiger charge is 2.40. The molecule has 1 saturated heterocycles. The first kappa shape index (κ1) is 41.1. The zero-order valence-corrected chi connectivity index (χ0v) is 33.5. The highest BCUT2D eigenvalue weighted by atomic mass is 35.5. The zero-order valence-electron chi connectivity index (χ0n) is 32.8. The number of halogens is 2. The molecule has 0 saturated carbocycles. The van der Waals surface area contributed by atoms with Crippen LogP contribution in [0.1, 0.15) is 45.5 Å². The molecule has 61 heavy (non-hydrogen) atoms. The number of hydrogen-bond donors (Lipinski definition) is 4. The lowest BCUT2D eigenvalue weighted by Crippen LogP contribution is -2.52. The Morgan fingerprint density at radius 1 is 0.951 bits per heavy atom. The fourth-order valence-electron chi connectivity index (χ4n) is 7.36. The van der Waals surface area contributed by atoms with E-state index in [2.05, 4.69) is 20.6 Å². The van der Waals surface area contributed by atoms with E-state index in [1.54, 1.807) is 42.5 Å². The van der Waals surface area contributed by atoms with E-state index in [1.165, 1.54) is 21.7 Å². The van der Waals surface area contributed by atoms with Crippen molar-refractivity contribution in [1.82, 2.24) is 35.3 Å². The minimum atomic E-state index is -0.746. The summed E-state index contributed by atoms with van der Waals surface area (Å²) in [7, 11) is 0. The third-order valence-electron chi connectivity index (χ3n) is 10.5. The predicted molar refractivity (Wildman–Crippen MR) is 221 cm³/mol. The number of aromatic amines is 1. The van der Waals surface area contributed by atoms with Crippen molar-refractivity contribution in [2.45, 2.75) is 44.9 Å². The van der Waals surface area contributed by atoms with Crippen LogP contribution < -0.4 is 15.4 Å². The molecule has 2 aliphatic heterocycles. The number of benzene rings is 4. The van der Waals surface area contributed by atoms with Gasteiger partial charge in [0, 0.05) is 40.2 Å². The van der Waals surface area contributed by atoms with E-state index in [0.29, 0.717) is 77.3 Å². The number of imide groups is 1. The third kappa shape index (κ3) is 9.41. The number of imidazole rings is 1. The van der Waals surface area contributed by atoms with Crippen LogP contribution in [0.5, 0.6) is 11.6 Å². The summed E-state index contributed by atoms with van der Waals surface area (Å²) in [6, 6.07) is 23.5. The number of ether oxygens (including phenoxy) is 3. The van der Waals surface area contributed by atoms with Gasteiger partial charge in [0.1, 0.15) is 23.3 Å². The summed E-state index contributed by atoms with van der Waals surface area (Å²) in [5, 5.41) is 21.8. The van der Waals surface area contributed by atoms with Gasteiger partial charge in [-0.15, -0.1) is 0 Å². The first-order valence-electron chi connectivity index (χ1n) is 19.7. The van der Waals surface area contributed by atoms with E-state index in [0.717, 1.165) is 22.2 Å². The van der Waals surface area contributed by atoms with Gasteiger partial charge in [0.2, 0.25) is 23.6 Å². The number of rotatable bonds is 17.